The Balaban J connectivity index is 2.08. The molecule has 2 rings (SSSR count). The van der Waals surface area contributed by atoms with Crippen LogP contribution in [0, 0.1) is 34.3 Å². The van der Waals surface area contributed by atoms with E-state index in [9.17, 15) is 18.5 Å². The molecule has 0 saturated heterocycles. The van der Waals surface area contributed by atoms with Crippen LogP contribution in [0.1, 0.15) is 26.3 Å². The maximum atomic E-state index is 12.6. The van der Waals surface area contributed by atoms with Crippen LogP contribution >= 0.6 is 0 Å². The van der Waals surface area contributed by atoms with Crippen molar-refractivity contribution in [3.05, 3.63) is 64.2 Å². The average molecular weight is 417 g/mol. The van der Waals surface area contributed by atoms with E-state index in [2.05, 4.69) is 11.8 Å². The van der Waals surface area contributed by atoms with Crippen molar-refractivity contribution >= 4 is 15.8 Å². The second-order valence-corrected chi connectivity index (χ2v) is 9.04. The van der Waals surface area contributed by atoms with Crippen LogP contribution in [0.5, 0.6) is 5.75 Å². The first kappa shape index (κ1) is 22.4. The third-order valence-electron chi connectivity index (χ3n) is 3.91. The SMILES string of the molecule is Cc1ccc(S(=O)(=O)OC(C#CCOc2ccc([N+](=O)[O-])cc2)C(C)(C)C)cc1. The minimum Gasteiger partial charge on any atom is -0.481 e. The van der Waals surface area contributed by atoms with Gasteiger partial charge in [-0.3, -0.25) is 10.1 Å². The van der Waals surface area contributed by atoms with Crippen molar-refractivity contribution in [1.29, 1.82) is 0 Å². The van der Waals surface area contributed by atoms with Crippen LogP contribution in [0.3, 0.4) is 0 Å². The number of aryl methyl sites for hydroxylation is 1. The first-order valence-corrected chi connectivity index (χ1v) is 10.3. The number of hydrogen-bond acceptors (Lipinski definition) is 6. The Bertz CT molecular complexity index is 1010. The Morgan fingerprint density at radius 3 is 2.17 bits per heavy atom. The van der Waals surface area contributed by atoms with Gasteiger partial charge >= 0.3 is 0 Å². The first-order chi connectivity index (χ1) is 13.5. The second-order valence-electron chi connectivity index (χ2n) is 7.47. The minimum atomic E-state index is -3.97. The summed E-state index contributed by atoms with van der Waals surface area (Å²) in [5, 5.41) is 10.7. The average Bonchev–Trinajstić information content (AvgIpc) is 2.64. The molecule has 8 heteroatoms. The molecular formula is C21H23NO6S. The molecule has 0 aliphatic carbocycles. The van der Waals surface area contributed by atoms with Gasteiger partial charge in [0, 0.05) is 17.5 Å². The summed E-state index contributed by atoms with van der Waals surface area (Å²) in [6, 6.07) is 12.0. The van der Waals surface area contributed by atoms with Crippen LogP contribution < -0.4 is 4.74 Å². The summed E-state index contributed by atoms with van der Waals surface area (Å²) in [5.41, 5.74) is 0.350. The summed E-state index contributed by atoms with van der Waals surface area (Å²) in [6.45, 7) is 7.33. The lowest BCUT2D eigenvalue weighted by atomic mass is 9.90. The molecule has 0 heterocycles. The molecule has 0 aliphatic heterocycles. The van der Waals surface area contributed by atoms with E-state index in [4.69, 9.17) is 8.92 Å². The predicted octanol–water partition coefficient (Wildman–Crippen LogP) is 4.11. The largest absolute Gasteiger partial charge is 0.481 e. The highest BCUT2D eigenvalue weighted by Gasteiger charge is 2.30. The van der Waals surface area contributed by atoms with Gasteiger partial charge in [-0.15, -0.1) is 0 Å². The molecule has 0 radical (unpaired) electrons. The third-order valence-corrected chi connectivity index (χ3v) is 5.21. The lowest BCUT2D eigenvalue weighted by Gasteiger charge is -2.25. The highest BCUT2D eigenvalue weighted by Crippen LogP contribution is 2.26. The lowest BCUT2D eigenvalue weighted by molar-refractivity contribution is -0.384. The fourth-order valence-corrected chi connectivity index (χ4v) is 3.36. The highest BCUT2D eigenvalue weighted by atomic mass is 32.2. The Hall–Kier alpha value is -2.89. The number of nitro groups is 1. The van der Waals surface area contributed by atoms with Crippen molar-refractivity contribution in [2.45, 2.75) is 38.7 Å². The van der Waals surface area contributed by atoms with Crippen LogP contribution in [0.15, 0.2) is 53.4 Å². The standard InChI is InChI=1S/C21H23NO6S/c1-16-7-13-19(14-8-16)29(25,26)28-20(21(2,3)4)6-5-15-27-18-11-9-17(10-12-18)22(23)24/h7-14,20H,15H2,1-4H3. The number of benzene rings is 2. The van der Waals surface area contributed by atoms with Crippen LogP contribution in [0.2, 0.25) is 0 Å². The van der Waals surface area contributed by atoms with Gasteiger partial charge < -0.3 is 4.74 Å². The molecule has 0 aliphatic rings. The van der Waals surface area contributed by atoms with E-state index in [1.165, 1.54) is 36.4 Å². The van der Waals surface area contributed by atoms with Crippen molar-refractivity contribution in [1.82, 2.24) is 0 Å². The van der Waals surface area contributed by atoms with Gasteiger partial charge in [0.05, 0.1) is 9.82 Å². The smallest absolute Gasteiger partial charge is 0.298 e. The molecule has 0 aromatic heterocycles. The highest BCUT2D eigenvalue weighted by molar-refractivity contribution is 7.86. The molecule has 154 valence electrons. The molecule has 0 amide bonds. The zero-order chi connectivity index (χ0) is 21.7. The van der Waals surface area contributed by atoms with Crippen LogP contribution in [-0.2, 0) is 14.3 Å². The van der Waals surface area contributed by atoms with Gasteiger partial charge in [0.2, 0.25) is 0 Å². The summed E-state index contributed by atoms with van der Waals surface area (Å²) >= 11 is 0. The van der Waals surface area contributed by atoms with E-state index in [1.807, 2.05) is 27.7 Å². The normalized spacial score (nSPS) is 12.6. The lowest BCUT2D eigenvalue weighted by Crippen LogP contribution is -2.30. The van der Waals surface area contributed by atoms with Crippen molar-refractivity contribution in [2.24, 2.45) is 5.41 Å². The van der Waals surface area contributed by atoms with Gasteiger partial charge in [0.15, 0.2) is 0 Å². The van der Waals surface area contributed by atoms with E-state index in [1.54, 1.807) is 12.1 Å². The molecular weight excluding hydrogens is 394 g/mol. The van der Waals surface area contributed by atoms with Crippen LogP contribution in [-0.4, -0.2) is 26.1 Å². The Morgan fingerprint density at radius 2 is 1.66 bits per heavy atom. The van der Waals surface area contributed by atoms with E-state index in [-0.39, 0.29) is 17.2 Å². The van der Waals surface area contributed by atoms with Gasteiger partial charge in [-0.2, -0.15) is 8.42 Å². The van der Waals surface area contributed by atoms with Crippen molar-refractivity contribution in [2.75, 3.05) is 6.61 Å². The number of nitrogens with zero attached hydrogens (tertiary/aromatic N) is 1. The molecule has 0 N–H and O–H groups in total. The van der Waals surface area contributed by atoms with Gasteiger partial charge in [0.25, 0.3) is 15.8 Å². The molecule has 0 spiro atoms. The molecule has 2 aromatic carbocycles. The van der Waals surface area contributed by atoms with Gasteiger partial charge in [-0.1, -0.05) is 50.3 Å². The zero-order valence-corrected chi connectivity index (χ0v) is 17.5. The van der Waals surface area contributed by atoms with Crippen molar-refractivity contribution in [3.8, 4) is 17.6 Å². The molecule has 1 unspecified atom stereocenters. The maximum absolute atomic E-state index is 12.6. The second kappa shape index (κ2) is 9.07. The molecule has 0 saturated carbocycles. The monoisotopic (exact) mass is 417 g/mol. The quantitative estimate of drug-likeness (QED) is 0.304. The summed E-state index contributed by atoms with van der Waals surface area (Å²) in [4.78, 5) is 10.2. The minimum absolute atomic E-state index is 0.0155. The summed E-state index contributed by atoms with van der Waals surface area (Å²) in [7, 11) is -3.97. The molecule has 2 aromatic rings. The number of hydrogen-bond donors (Lipinski definition) is 0. The summed E-state index contributed by atoms with van der Waals surface area (Å²) in [6.07, 6.45) is -0.880. The summed E-state index contributed by atoms with van der Waals surface area (Å²) in [5.74, 6) is 6.00. The number of nitro benzene ring substituents is 1. The molecule has 1 atom stereocenters. The van der Waals surface area contributed by atoms with Gasteiger partial charge in [-0.05, 0) is 31.2 Å². The molecule has 29 heavy (non-hydrogen) atoms. The molecule has 7 nitrogen and oxygen atoms in total. The number of rotatable bonds is 6. The maximum Gasteiger partial charge on any atom is 0.298 e. The summed E-state index contributed by atoms with van der Waals surface area (Å²) < 4.78 is 36.0. The topological polar surface area (TPSA) is 95.7 Å². The predicted molar refractivity (Wildman–Crippen MR) is 109 cm³/mol. The van der Waals surface area contributed by atoms with Crippen LogP contribution in [0.4, 0.5) is 5.69 Å². The van der Waals surface area contributed by atoms with Gasteiger partial charge in [0.1, 0.15) is 18.5 Å². The Kier molecular flexibility index (Phi) is 7.01. The van der Waals surface area contributed by atoms with Crippen LogP contribution in [0.25, 0.3) is 0 Å². The van der Waals surface area contributed by atoms with Gasteiger partial charge in [-0.25, -0.2) is 4.18 Å². The Labute approximate surface area is 170 Å². The van der Waals surface area contributed by atoms with E-state index in [0.29, 0.717) is 5.75 Å². The number of non-ortho nitro benzene ring substituents is 1. The van der Waals surface area contributed by atoms with E-state index < -0.39 is 26.6 Å². The van der Waals surface area contributed by atoms with E-state index in [0.717, 1.165) is 5.56 Å². The van der Waals surface area contributed by atoms with Crippen molar-refractivity contribution in [3.63, 3.8) is 0 Å². The van der Waals surface area contributed by atoms with Crippen molar-refractivity contribution < 1.29 is 22.3 Å². The third kappa shape index (κ3) is 6.59. The fraction of sp³-hybridized carbons (Fsp3) is 0.333. The molecule has 0 bridgehead atoms. The fourth-order valence-electron chi connectivity index (χ4n) is 2.19. The number of ether oxygens (including phenoxy) is 1. The Morgan fingerprint density at radius 1 is 1.07 bits per heavy atom. The first-order valence-electron chi connectivity index (χ1n) is 8.85. The zero-order valence-electron chi connectivity index (χ0n) is 16.7. The van der Waals surface area contributed by atoms with E-state index >= 15 is 0 Å². The molecule has 0 fully saturated rings.